The van der Waals surface area contributed by atoms with Crippen LogP contribution in [-0.4, -0.2) is 10.9 Å². The summed E-state index contributed by atoms with van der Waals surface area (Å²) >= 11 is 13.7. The van der Waals surface area contributed by atoms with E-state index in [-0.39, 0.29) is 5.91 Å². The van der Waals surface area contributed by atoms with Gasteiger partial charge in [-0.05, 0) is 30.2 Å². The molecule has 0 saturated heterocycles. The van der Waals surface area contributed by atoms with Crippen molar-refractivity contribution in [2.24, 2.45) is 0 Å². The highest BCUT2D eigenvalue weighted by Gasteiger charge is 2.09. The highest BCUT2D eigenvalue weighted by molar-refractivity contribution is 7.15. The summed E-state index contributed by atoms with van der Waals surface area (Å²) in [5.41, 5.74) is 3.06. The number of thiazole rings is 1. The third-order valence-corrected chi connectivity index (χ3v) is 5.42. The van der Waals surface area contributed by atoms with Crippen LogP contribution in [0.4, 0.5) is 5.13 Å². The van der Waals surface area contributed by atoms with Gasteiger partial charge in [0, 0.05) is 23.6 Å². The second-order valence-corrected chi connectivity index (χ2v) is 7.66. The van der Waals surface area contributed by atoms with Crippen molar-refractivity contribution in [1.82, 2.24) is 4.98 Å². The van der Waals surface area contributed by atoms with Gasteiger partial charge in [0.05, 0.1) is 10.0 Å². The second-order valence-electron chi connectivity index (χ2n) is 5.76. The molecule has 1 N–H and O–H groups in total. The van der Waals surface area contributed by atoms with Crippen LogP contribution in [0.15, 0.2) is 54.7 Å². The molecule has 0 fully saturated rings. The van der Waals surface area contributed by atoms with Crippen LogP contribution < -0.4 is 5.32 Å². The van der Waals surface area contributed by atoms with E-state index in [1.165, 1.54) is 17.4 Å². The molecule has 3 nitrogen and oxygen atoms in total. The van der Waals surface area contributed by atoms with Crippen LogP contribution in [-0.2, 0) is 11.2 Å². The smallest absolute Gasteiger partial charge is 0.250 e. The van der Waals surface area contributed by atoms with Crippen LogP contribution in [0.1, 0.15) is 21.6 Å². The molecule has 0 aliphatic rings. The fourth-order valence-electron chi connectivity index (χ4n) is 2.41. The lowest BCUT2D eigenvalue weighted by Gasteiger charge is -2.03. The Hall–Kier alpha value is -2.14. The average Bonchev–Trinajstić information content (AvgIpc) is 3.04. The second kappa shape index (κ2) is 8.49. The molecule has 2 aromatic carbocycles. The van der Waals surface area contributed by atoms with Gasteiger partial charge in [-0.2, -0.15) is 0 Å². The average molecular weight is 403 g/mol. The molecular formula is C20H16Cl2N2OS. The molecule has 132 valence electrons. The Balaban J connectivity index is 1.63. The molecule has 0 atom stereocenters. The number of rotatable bonds is 5. The molecule has 0 aliphatic carbocycles. The molecule has 0 spiro atoms. The summed E-state index contributed by atoms with van der Waals surface area (Å²) in [4.78, 5) is 17.3. The van der Waals surface area contributed by atoms with E-state index in [9.17, 15) is 4.79 Å². The fraction of sp³-hybridized carbons (Fsp3) is 0.100. The molecule has 3 rings (SSSR count). The number of nitrogens with zero attached hydrogens (tertiary/aromatic N) is 1. The number of halogens is 2. The van der Waals surface area contributed by atoms with Crippen molar-refractivity contribution in [3.63, 3.8) is 0 Å². The van der Waals surface area contributed by atoms with Gasteiger partial charge in [-0.15, -0.1) is 11.3 Å². The number of hydrogen-bond donors (Lipinski definition) is 1. The van der Waals surface area contributed by atoms with E-state index in [0.717, 1.165) is 21.6 Å². The van der Waals surface area contributed by atoms with Gasteiger partial charge in [-0.3, -0.25) is 10.1 Å². The maximum Gasteiger partial charge on any atom is 0.250 e. The number of carbonyl (C=O) groups is 1. The zero-order chi connectivity index (χ0) is 18.5. The molecule has 3 aromatic rings. The van der Waals surface area contributed by atoms with E-state index in [2.05, 4.69) is 10.3 Å². The monoisotopic (exact) mass is 402 g/mol. The summed E-state index contributed by atoms with van der Waals surface area (Å²) in [6.45, 7) is 2.01. The first-order valence-electron chi connectivity index (χ1n) is 7.94. The highest BCUT2D eigenvalue weighted by Crippen LogP contribution is 2.29. The largest absolute Gasteiger partial charge is 0.298 e. The maximum atomic E-state index is 12.1. The van der Waals surface area contributed by atoms with Crippen LogP contribution in [0.3, 0.4) is 0 Å². The summed E-state index contributed by atoms with van der Waals surface area (Å²) in [5, 5.41) is 4.42. The van der Waals surface area contributed by atoms with Gasteiger partial charge in [0.1, 0.15) is 0 Å². The Bertz CT molecular complexity index is 966. The number of nitrogens with one attached hydrogen (secondary N) is 1. The van der Waals surface area contributed by atoms with Crippen LogP contribution >= 0.6 is 34.5 Å². The highest BCUT2D eigenvalue weighted by atomic mass is 35.5. The number of aromatic nitrogens is 1. The number of aryl methyl sites for hydroxylation is 1. The van der Waals surface area contributed by atoms with E-state index in [4.69, 9.17) is 23.2 Å². The van der Waals surface area contributed by atoms with Crippen LogP contribution in [0, 0.1) is 6.92 Å². The van der Waals surface area contributed by atoms with Gasteiger partial charge in [0.25, 0.3) is 0 Å². The van der Waals surface area contributed by atoms with Gasteiger partial charge in [-0.25, -0.2) is 4.98 Å². The van der Waals surface area contributed by atoms with E-state index >= 15 is 0 Å². The normalized spacial score (nSPS) is 11.0. The zero-order valence-electron chi connectivity index (χ0n) is 14.0. The number of carbonyl (C=O) groups excluding carboxylic acids is 1. The molecule has 26 heavy (non-hydrogen) atoms. The Morgan fingerprint density at radius 1 is 1.23 bits per heavy atom. The van der Waals surface area contributed by atoms with Gasteiger partial charge >= 0.3 is 0 Å². The molecule has 1 amide bonds. The Morgan fingerprint density at radius 2 is 2.04 bits per heavy atom. The lowest BCUT2D eigenvalue weighted by Crippen LogP contribution is -2.07. The van der Waals surface area contributed by atoms with E-state index in [0.29, 0.717) is 21.6 Å². The summed E-state index contributed by atoms with van der Waals surface area (Å²) < 4.78 is 0. The molecule has 0 saturated carbocycles. The minimum absolute atomic E-state index is 0.215. The van der Waals surface area contributed by atoms with E-state index in [1.54, 1.807) is 18.3 Å². The first kappa shape index (κ1) is 18.6. The third kappa shape index (κ3) is 4.94. The first-order chi connectivity index (χ1) is 12.5. The van der Waals surface area contributed by atoms with Crippen molar-refractivity contribution < 1.29 is 4.79 Å². The predicted molar refractivity (Wildman–Crippen MR) is 110 cm³/mol. The summed E-state index contributed by atoms with van der Waals surface area (Å²) in [6, 6.07) is 13.5. The van der Waals surface area contributed by atoms with Crippen LogP contribution in [0.25, 0.3) is 6.08 Å². The fourth-order valence-corrected chi connectivity index (χ4v) is 3.64. The van der Waals surface area contributed by atoms with Gasteiger partial charge < -0.3 is 0 Å². The van der Waals surface area contributed by atoms with Crippen molar-refractivity contribution in [2.75, 3.05) is 5.32 Å². The van der Waals surface area contributed by atoms with Crippen LogP contribution in [0.2, 0.25) is 10.0 Å². The summed E-state index contributed by atoms with van der Waals surface area (Å²) in [6.07, 6.45) is 5.64. The van der Waals surface area contributed by atoms with Gasteiger partial charge in [0.2, 0.25) is 5.91 Å². The number of anilines is 1. The molecule has 0 unspecified atom stereocenters. The van der Waals surface area contributed by atoms with E-state index < -0.39 is 0 Å². The van der Waals surface area contributed by atoms with Crippen LogP contribution in [0.5, 0.6) is 0 Å². The molecule has 0 bridgehead atoms. The molecule has 0 radical (unpaired) electrons. The Morgan fingerprint density at radius 3 is 2.85 bits per heavy atom. The lowest BCUT2D eigenvalue weighted by molar-refractivity contribution is -0.111. The van der Waals surface area contributed by atoms with Crippen molar-refractivity contribution in [2.45, 2.75) is 13.3 Å². The SMILES string of the molecule is Cc1cccc(/C=C/C(=O)Nc2ncc(Cc3cccc(Cl)c3Cl)s2)c1. The predicted octanol–water partition coefficient (Wildman–Crippen LogP) is 6.00. The quantitative estimate of drug-likeness (QED) is 0.531. The molecule has 1 heterocycles. The molecular weight excluding hydrogens is 387 g/mol. The van der Waals surface area contributed by atoms with Crippen molar-refractivity contribution in [3.8, 4) is 0 Å². The standard InChI is InChI=1S/C20H16Cl2N2OS/c1-13-4-2-5-14(10-13)8-9-18(25)24-20-23-12-16(26-20)11-15-6-3-7-17(21)19(15)22/h2-10,12H,11H2,1H3,(H,23,24,25)/b9-8+. The summed E-state index contributed by atoms with van der Waals surface area (Å²) in [7, 11) is 0. The van der Waals surface area contributed by atoms with Gasteiger partial charge in [-0.1, -0.05) is 65.2 Å². The Kier molecular flexibility index (Phi) is 6.09. The molecule has 1 aromatic heterocycles. The summed E-state index contributed by atoms with van der Waals surface area (Å²) in [5.74, 6) is -0.215. The van der Waals surface area contributed by atoms with Crippen molar-refractivity contribution in [1.29, 1.82) is 0 Å². The number of hydrogen-bond acceptors (Lipinski definition) is 3. The minimum Gasteiger partial charge on any atom is -0.298 e. The minimum atomic E-state index is -0.215. The zero-order valence-corrected chi connectivity index (χ0v) is 16.3. The first-order valence-corrected chi connectivity index (χ1v) is 9.52. The maximum absolute atomic E-state index is 12.1. The molecule has 0 aliphatic heterocycles. The third-order valence-electron chi connectivity index (χ3n) is 3.65. The van der Waals surface area contributed by atoms with Crippen molar-refractivity contribution >= 4 is 51.7 Å². The topological polar surface area (TPSA) is 42.0 Å². The van der Waals surface area contributed by atoms with E-state index in [1.807, 2.05) is 43.3 Å². The van der Waals surface area contributed by atoms with Gasteiger partial charge in [0.15, 0.2) is 5.13 Å². The van der Waals surface area contributed by atoms with Crippen molar-refractivity contribution in [3.05, 3.63) is 86.4 Å². The number of amides is 1. The Labute approximate surface area is 166 Å². The number of benzene rings is 2. The lowest BCUT2D eigenvalue weighted by atomic mass is 10.1. The molecule has 6 heteroatoms.